The van der Waals surface area contributed by atoms with Crippen LogP contribution in [-0.2, 0) is 4.79 Å². The molecular formula is C10H5BrFNO2S. The molecule has 0 aromatic heterocycles. The zero-order chi connectivity index (χ0) is 11.7. The van der Waals surface area contributed by atoms with Crippen LogP contribution in [0.2, 0.25) is 0 Å². The normalized spacial score (nSPS) is 18.0. The van der Waals surface area contributed by atoms with Gasteiger partial charge in [-0.15, -0.1) is 0 Å². The Balaban J connectivity index is 2.36. The Hall–Kier alpha value is -1.14. The molecule has 0 atom stereocenters. The molecule has 0 radical (unpaired) electrons. The average molecular weight is 302 g/mol. The SMILES string of the molecule is O=C1NC(=O)/C(=C/c2ccc(Br)cc2F)S1. The van der Waals surface area contributed by atoms with Gasteiger partial charge in [-0.05, 0) is 30.0 Å². The van der Waals surface area contributed by atoms with Crippen LogP contribution in [0.3, 0.4) is 0 Å². The van der Waals surface area contributed by atoms with Crippen LogP contribution in [0, 0.1) is 5.82 Å². The second-order valence-electron chi connectivity index (χ2n) is 3.02. The van der Waals surface area contributed by atoms with Crippen molar-refractivity contribution in [2.75, 3.05) is 0 Å². The van der Waals surface area contributed by atoms with E-state index in [1.807, 2.05) is 0 Å². The molecule has 1 fully saturated rings. The number of hydrogen-bond acceptors (Lipinski definition) is 3. The number of nitrogens with one attached hydrogen (secondary N) is 1. The number of hydrogen-bond donors (Lipinski definition) is 1. The van der Waals surface area contributed by atoms with Crippen LogP contribution in [0.4, 0.5) is 9.18 Å². The highest BCUT2D eigenvalue weighted by atomic mass is 79.9. The molecule has 0 aliphatic carbocycles. The number of benzene rings is 1. The highest BCUT2D eigenvalue weighted by Gasteiger charge is 2.25. The average Bonchev–Trinajstić information content (AvgIpc) is 2.50. The lowest BCUT2D eigenvalue weighted by molar-refractivity contribution is -0.115. The number of thioether (sulfide) groups is 1. The summed E-state index contributed by atoms with van der Waals surface area (Å²) < 4.78 is 14.0. The summed E-state index contributed by atoms with van der Waals surface area (Å²) in [6.45, 7) is 0. The van der Waals surface area contributed by atoms with E-state index in [1.165, 1.54) is 18.2 Å². The van der Waals surface area contributed by atoms with E-state index in [0.29, 0.717) is 4.47 Å². The third-order valence-electron chi connectivity index (χ3n) is 1.89. The summed E-state index contributed by atoms with van der Waals surface area (Å²) >= 11 is 3.90. The molecule has 0 spiro atoms. The molecule has 82 valence electrons. The standard InChI is InChI=1S/C10H5BrFNO2S/c11-6-2-1-5(7(12)4-6)3-8-9(14)13-10(15)16-8/h1-4H,(H,13,14,15)/b8-3-. The van der Waals surface area contributed by atoms with Crippen molar-refractivity contribution in [1.29, 1.82) is 0 Å². The van der Waals surface area contributed by atoms with Gasteiger partial charge in [0, 0.05) is 10.0 Å². The van der Waals surface area contributed by atoms with Gasteiger partial charge < -0.3 is 0 Å². The monoisotopic (exact) mass is 301 g/mol. The molecule has 1 aromatic carbocycles. The van der Waals surface area contributed by atoms with E-state index >= 15 is 0 Å². The number of imide groups is 1. The summed E-state index contributed by atoms with van der Waals surface area (Å²) in [5.74, 6) is -0.938. The van der Waals surface area contributed by atoms with Gasteiger partial charge in [0.2, 0.25) is 0 Å². The lowest BCUT2D eigenvalue weighted by atomic mass is 10.2. The molecule has 0 unspecified atom stereocenters. The van der Waals surface area contributed by atoms with Crippen molar-refractivity contribution >= 4 is 44.9 Å². The molecule has 1 saturated heterocycles. The number of carbonyl (C=O) groups excluding carboxylic acids is 2. The minimum Gasteiger partial charge on any atom is -0.282 e. The summed E-state index contributed by atoms with van der Waals surface area (Å²) in [6.07, 6.45) is 1.35. The maximum Gasteiger partial charge on any atom is 0.290 e. The fourth-order valence-corrected chi connectivity index (χ4v) is 2.19. The Morgan fingerprint density at radius 2 is 2.12 bits per heavy atom. The fourth-order valence-electron chi connectivity index (χ4n) is 1.18. The summed E-state index contributed by atoms with van der Waals surface area (Å²) in [7, 11) is 0. The van der Waals surface area contributed by atoms with Gasteiger partial charge in [0.05, 0.1) is 4.91 Å². The van der Waals surface area contributed by atoms with E-state index in [-0.39, 0.29) is 10.5 Å². The molecule has 1 aliphatic rings. The van der Waals surface area contributed by atoms with Crippen LogP contribution in [0.1, 0.15) is 5.56 Å². The van der Waals surface area contributed by atoms with Gasteiger partial charge in [-0.2, -0.15) is 0 Å². The molecule has 1 N–H and O–H groups in total. The van der Waals surface area contributed by atoms with Gasteiger partial charge in [0.25, 0.3) is 11.1 Å². The summed E-state index contributed by atoms with van der Waals surface area (Å²) in [5.41, 5.74) is 0.274. The minimum atomic E-state index is -0.489. The van der Waals surface area contributed by atoms with Crippen LogP contribution >= 0.6 is 27.7 Å². The molecule has 2 rings (SSSR count). The number of halogens is 2. The predicted octanol–water partition coefficient (Wildman–Crippen LogP) is 2.91. The van der Waals surface area contributed by atoms with E-state index in [0.717, 1.165) is 11.8 Å². The highest BCUT2D eigenvalue weighted by molar-refractivity contribution is 9.10. The van der Waals surface area contributed by atoms with Crippen molar-refractivity contribution in [3.63, 3.8) is 0 Å². The number of amides is 2. The molecule has 1 aromatic rings. The first-order valence-corrected chi connectivity index (χ1v) is 5.87. The largest absolute Gasteiger partial charge is 0.290 e. The molecule has 1 heterocycles. The van der Waals surface area contributed by atoms with Crippen molar-refractivity contribution in [3.05, 3.63) is 39.0 Å². The van der Waals surface area contributed by atoms with Crippen LogP contribution in [0.25, 0.3) is 6.08 Å². The number of rotatable bonds is 1. The van der Waals surface area contributed by atoms with Gasteiger partial charge >= 0.3 is 0 Å². The van der Waals surface area contributed by atoms with E-state index in [4.69, 9.17) is 0 Å². The van der Waals surface area contributed by atoms with Crippen molar-refractivity contribution in [2.45, 2.75) is 0 Å². The predicted molar refractivity (Wildman–Crippen MR) is 63.2 cm³/mol. The van der Waals surface area contributed by atoms with Crippen LogP contribution < -0.4 is 5.32 Å². The fraction of sp³-hybridized carbons (Fsp3) is 0. The Morgan fingerprint density at radius 1 is 1.38 bits per heavy atom. The van der Waals surface area contributed by atoms with Gasteiger partial charge in [0.1, 0.15) is 5.82 Å². The minimum absolute atomic E-state index is 0.200. The first kappa shape index (κ1) is 11.3. The third kappa shape index (κ3) is 2.33. The van der Waals surface area contributed by atoms with Crippen molar-refractivity contribution in [3.8, 4) is 0 Å². The van der Waals surface area contributed by atoms with Crippen molar-refractivity contribution in [1.82, 2.24) is 5.32 Å². The van der Waals surface area contributed by atoms with E-state index in [9.17, 15) is 14.0 Å². The lowest BCUT2D eigenvalue weighted by Crippen LogP contribution is -2.17. The van der Waals surface area contributed by atoms with E-state index < -0.39 is 17.0 Å². The van der Waals surface area contributed by atoms with Crippen LogP contribution in [-0.4, -0.2) is 11.1 Å². The van der Waals surface area contributed by atoms with Crippen LogP contribution in [0.5, 0.6) is 0 Å². The van der Waals surface area contributed by atoms with Crippen molar-refractivity contribution in [2.24, 2.45) is 0 Å². The first-order valence-electron chi connectivity index (χ1n) is 4.26. The summed E-state index contributed by atoms with van der Waals surface area (Å²) in [5, 5.41) is 1.67. The van der Waals surface area contributed by atoms with Gasteiger partial charge in [-0.1, -0.05) is 22.0 Å². The lowest BCUT2D eigenvalue weighted by Gasteiger charge is -1.98. The Labute approximate surface area is 103 Å². The molecule has 16 heavy (non-hydrogen) atoms. The topological polar surface area (TPSA) is 46.2 Å². The quantitative estimate of drug-likeness (QED) is 0.811. The molecule has 0 bridgehead atoms. The summed E-state index contributed by atoms with van der Waals surface area (Å²) in [4.78, 5) is 22.3. The first-order chi connectivity index (χ1) is 7.56. The molecule has 3 nitrogen and oxygen atoms in total. The van der Waals surface area contributed by atoms with Crippen molar-refractivity contribution < 1.29 is 14.0 Å². The van der Waals surface area contributed by atoms with Crippen LogP contribution in [0.15, 0.2) is 27.6 Å². The maximum absolute atomic E-state index is 13.4. The van der Waals surface area contributed by atoms with E-state index in [1.54, 1.807) is 6.07 Å². The Bertz CT molecular complexity index is 516. The highest BCUT2D eigenvalue weighted by Crippen LogP contribution is 2.27. The van der Waals surface area contributed by atoms with Gasteiger partial charge in [-0.3, -0.25) is 14.9 Å². The number of carbonyl (C=O) groups is 2. The molecule has 6 heteroatoms. The second-order valence-corrected chi connectivity index (χ2v) is 4.95. The van der Waals surface area contributed by atoms with E-state index in [2.05, 4.69) is 21.2 Å². The van der Waals surface area contributed by atoms with Gasteiger partial charge in [-0.25, -0.2) is 4.39 Å². The Morgan fingerprint density at radius 3 is 2.69 bits per heavy atom. The molecular weight excluding hydrogens is 297 g/mol. The zero-order valence-electron chi connectivity index (χ0n) is 7.79. The second kappa shape index (κ2) is 4.39. The zero-order valence-corrected chi connectivity index (χ0v) is 10.2. The summed E-state index contributed by atoms with van der Waals surface area (Å²) in [6, 6.07) is 4.49. The molecule has 1 aliphatic heterocycles. The smallest absolute Gasteiger partial charge is 0.282 e. The Kier molecular flexibility index (Phi) is 3.11. The van der Waals surface area contributed by atoms with Gasteiger partial charge in [0.15, 0.2) is 0 Å². The maximum atomic E-state index is 13.4. The molecule has 2 amide bonds. The molecule has 0 saturated carbocycles. The third-order valence-corrected chi connectivity index (χ3v) is 3.20.